The summed E-state index contributed by atoms with van der Waals surface area (Å²) < 4.78 is 16.0. The number of fused-ring (bicyclic) bond motifs is 1. The summed E-state index contributed by atoms with van der Waals surface area (Å²) in [6, 6.07) is 9.32. The van der Waals surface area contributed by atoms with Crippen LogP contribution in [0, 0.1) is 5.82 Å². The number of halogens is 1. The van der Waals surface area contributed by atoms with Crippen molar-refractivity contribution in [1.82, 2.24) is 30.3 Å². The molecule has 2 aromatic heterocycles. The van der Waals surface area contributed by atoms with E-state index in [1.165, 1.54) is 18.5 Å². The van der Waals surface area contributed by atoms with Gasteiger partial charge in [0.05, 0.1) is 11.6 Å². The fourth-order valence-electron chi connectivity index (χ4n) is 3.30. The number of rotatable bonds is 5. The van der Waals surface area contributed by atoms with E-state index in [1.807, 2.05) is 32.0 Å². The highest BCUT2D eigenvalue weighted by molar-refractivity contribution is 5.97. The number of hydrogen-bond acceptors (Lipinski definition) is 5. The van der Waals surface area contributed by atoms with E-state index in [0.717, 1.165) is 16.5 Å². The number of nitrogens with zero attached hydrogens (tertiary/aromatic N) is 4. The van der Waals surface area contributed by atoms with Crippen LogP contribution in [-0.4, -0.2) is 30.9 Å². The van der Waals surface area contributed by atoms with E-state index in [9.17, 15) is 9.18 Å². The van der Waals surface area contributed by atoms with Crippen LogP contribution in [0.25, 0.3) is 22.0 Å². The molecule has 8 nitrogen and oxygen atoms in total. The van der Waals surface area contributed by atoms with Crippen molar-refractivity contribution in [2.75, 3.05) is 5.73 Å². The quantitative estimate of drug-likeness (QED) is 0.482. The van der Waals surface area contributed by atoms with E-state index in [1.54, 1.807) is 10.7 Å². The predicted octanol–water partition coefficient (Wildman–Crippen LogP) is 3.05. The van der Waals surface area contributed by atoms with Crippen LogP contribution in [0.1, 0.15) is 36.1 Å². The van der Waals surface area contributed by atoms with E-state index in [0.29, 0.717) is 23.8 Å². The van der Waals surface area contributed by atoms with Gasteiger partial charge >= 0.3 is 0 Å². The summed E-state index contributed by atoms with van der Waals surface area (Å²) in [5, 5.41) is 14.5. The Morgan fingerprint density at radius 1 is 1.28 bits per heavy atom. The average molecular weight is 393 g/mol. The monoisotopic (exact) mass is 393 g/mol. The smallest absolute Gasteiger partial charge is 0.251 e. The number of carbonyl (C=O) groups is 1. The van der Waals surface area contributed by atoms with Gasteiger partial charge in [-0.15, -0.1) is 0 Å². The largest absolute Gasteiger partial charge is 0.382 e. The van der Waals surface area contributed by atoms with Crippen LogP contribution in [0.3, 0.4) is 0 Å². The number of aromatic nitrogens is 5. The zero-order valence-electron chi connectivity index (χ0n) is 16.0. The molecule has 9 heteroatoms. The Labute approximate surface area is 165 Å². The topological polar surface area (TPSA) is 115 Å². The van der Waals surface area contributed by atoms with Crippen molar-refractivity contribution in [1.29, 1.82) is 0 Å². The predicted molar refractivity (Wildman–Crippen MR) is 107 cm³/mol. The van der Waals surface area contributed by atoms with Crippen molar-refractivity contribution in [2.45, 2.75) is 26.4 Å². The number of carbonyl (C=O) groups excluding carboxylic acids is 1. The second-order valence-corrected chi connectivity index (χ2v) is 6.73. The molecule has 29 heavy (non-hydrogen) atoms. The molecule has 0 saturated carbocycles. The Balaban J connectivity index is 1.63. The summed E-state index contributed by atoms with van der Waals surface area (Å²) in [7, 11) is 0. The van der Waals surface area contributed by atoms with Crippen LogP contribution in [0.4, 0.5) is 10.2 Å². The first-order valence-electron chi connectivity index (χ1n) is 9.19. The number of hydrogen-bond donors (Lipinski definition) is 3. The first-order chi connectivity index (χ1) is 14.0. The van der Waals surface area contributed by atoms with Gasteiger partial charge in [-0.1, -0.05) is 6.07 Å². The third-order valence-corrected chi connectivity index (χ3v) is 4.77. The Kier molecular flexibility index (Phi) is 4.71. The standard InChI is InChI=1S/C20H20FN7O/c1-3-28-19(23-10-24-28)11(2)25-20(29)14-6-13(7-15(21)8-14)12-4-5-17-16(9-12)18(22)27-26-17/h4-11H,3H2,1-2H3,(H,25,29)(H3,22,26,27). The van der Waals surface area contributed by atoms with Gasteiger partial charge in [0.1, 0.15) is 18.0 Å². The average Bonchev–Trinajstić information content (AvgIpc) is 3.34. The SMILES string of the molecule is CCn1ncnc1C(C)NC(=O)c1cc(F)cc(-c2ccc3[nH]nc(N)c3c2)c1. The lowest BCUT2D eigenvalue weighted by molar-refractivity contribution is 0.0937. The summed E-state index contributed by atoms with van der Waals surface area (Å²) in [5.41, 5.74) is 8.17. The Bertz CT molecular complexity index is 1200. The number of amides is 1. The van der Waals surface area contributed by atoms with Crippen LogP contribution < -0.4 is 11.1 Å². The Morgan fingerprint density at radius 2 is 2.10 bits per heavy atom. The lowest BCUT2D eigenvalue weighted by Gasteiger charge is -2.14. The van der Waals surface area contributed by atoms with Crippen LogP contribution in [0.5, 0.6) is 0 Å². The van der Waals surface area contributed by atoms with Crippen LogP contribution in [0.15, 0.2) is 42.7 Å². The van der Waals surface area contributed by atoms with Gasteiger partial charge in [0, 0.05) is 17.5 Å². The maximum Gasteiger partial charge on any atom is 0.251 e. The van der Waals surface area contributed by atoms with Crippen molar-refractivity contribution in [2.24, 2.45) is 0 Å². The van der Waals surface area contributed by atoms with Gasteiger partial charge in [-0.25, -0.2) is 14.1 Å². The van der Waals surface area contributed by atoms with Gasteiger partial charge in [0.25, 0.3) is 5.91 Å². The van der Waals surface area contributed by atoms with Gasteiger partial charge in [-0.3, -0.25) is 9.89 Å². The number of aryl methyl sites for hydroxylation is 1. The van der Waals surface area contributed by atoms with E-state index in [4.69, 9.17) is 5.73 Å². The molecule has 0 aliphatic heterocycles. The van der Waals surface area contributed by atoms with Crippen molar-refractivity contribution in [3.8, 4) is 11.1 Å². The number of nitrogens with two attached hydrogens (primary N) is 1. The normalized spacial score (nSPS) is 12.2. The maximum absolute atomic E-state index is 14.3. The molecular weight excluding hydrogens is 373 g/mol. The molecule has 4 rings (SSSR count). The van der Waals surface area contributed by atoms with Crippen molar-refractivity contribution < 1.29 is 9.18 Å². The minimum absolute atomic E-state index is 0.217. The number of benzene rings is 2. The maximum atomic E-state index is 14.3. The molecule has 0 radical (unpaired) electrons. The highest BCUT2D eigenvalue weighted by atomic mass is 19.1. The molecule has 0 aliphatic carbocycles. The number of anilines is 1. The number of H-pyrrole nitrogens is 1. The van der Waals surface area contributed by atoms with Crippen molar-refractivity contribution in [3.63, 3.8) is 0 Å². The highest BCUT2D eigenvalue weighted by Gasteiger charge is 2.17. The van der Waals surface area contributed by atoms with E-state index < -0.39 is 11.7 Å². The molecule has 0 aliphatic rings. The summed E-state index contributed by atoms with van der Waals surface area (Å²) >= 11 is 0. The lowest BCUT2D eigenvalue weighted by atomic mass is 10.0. The Hall–Kier alpha value is -3.75. The molecule has 1 atom stereocenters. The molecule has 2 heterocycles. The molecule has 148 valence electrons. The van der Waals surface area contributed by atoms with Gasteiger partial charge in [0.15, 0.2) is 5.82 Å². The van der Waals surface area contributed by atoms with Gasteiger partial charge in [-0.05, 0) is 55.3 Å². The fraction of sp³-hybridized carbons (Fsp3) is 0.200. The number of nitrogen functional groups attached to an aromatic ring is 1. The first-order valence-corrected chi connectivity index (χ1v) is 9.19. The molecular formula is C20H20FN7O. The highest BCUT2D eigenvalue weighted by Crippen LogP contribution is 2.28. The van der Waals surface area contributed by atoms with E-state index in [2.05, 4.69) is 25.6 Å². The zero-order chi connectivity index (χ0) is 20.5. The molecule has 0 saturated heterocycles. The minimum Gasteiger partial charge on any atom is -0.382 e. The number of aromatic amines is 1. The molecule has 0 spiro atoms. The molecule has 0 fully saturated rings. The summed E-state index contributed by atoms with van der Waals surface area (Å²) in [6.45, 7) is 4.39. The molecule has 0 bridgehead atoms. The van der Waals surface area contributed by atoms with E-state index >= 15 is 0 Å². The summed E-state index contributed by atoms with van der Waals surface area (Å²) in [6.07, 6.45) is 1.44. The molecule has 2 aromatic carbocycles. The second kappa shape index (κ2) is 7.34. The van der Waals surface area contributed by atoms with Gasteiger partial charge < -0.3 is 11.1 Å². The third kappa shape index (κ3) is 3.54. The lowest BCUT2D eigenvalue weighted by Crippen LogP contribution is -2.29. The fourth-order valence-corrected chi connectivity index (χ4v) is 3.30. The minimum atomic E-state index is -0.503. The first kappa shape index (κ1) is 18.6. The molecule has 4 N–H and O–H groups in total. The van der Waals surface area contributed by atoms with Gasteiger partial charge in [-0.2, -0.15) is 10.2 Å². The summed E-state index contributed by atoms with van der Waals surface area (Å²) in [4.78, 5) is 16.9. The van der Waals surface area contributed by atoms with E-state index in [-0.39, 0.29) is 11.6 Å². The second-order valence-electron chi connectivity index (χ2n) is 6.73. The van der Waals surface area contributed by atoms with Crippen molar-refractivity contribution >= 4 is 22.6 Å². The van der Waals surface area contributed by atoms with Crippen LogP contribution in [-0.2, 0) is 6.54 Å². The van der Waals surface area contributed by atoms with Crippen molar-refractivity contribution in [3.05, 3.63) is 59.9 Å². The van der Waals surface area contributed by atoms with Crippen LogP contribution in [0.2, 0.25) is 0 Å². The number of nitrogens with one attached hydrogen (secondary N) is 2. The third-order valence-electron chi connectivity index (χ3n) is 4.77. The Morgan fingerprint density at radius 3 is 2.90 bits per heavy atom. The molecule has 1 amide bonds. The molecule has 1 unspecified atom stereocenters. The molecule has 4 aromatic rings. The summed E-state index contributed by atoms with van der Waals surface area (Å²) in [5.74, 6) is 0.105. The van der Waals surface area contributed by atoms with Crippen LogP contribution >= 0.6 is 0 Å². The zero-order valence-corrected chi connectivity index (χ0v) is 16.0. The van der Waals surface area contributed by atoms with Gasteiger partial charge in [0.2, 0.25) is 0 Å².